The maximum absolute atomic E-state index is 12.2. The Kier molecular flexibility index (Phi) is 2.11. The summed E-state index contributed by atoms with van der Waals surface area (Å²) in [5, 5.41) is 6.48. The molecule has 0 fully saturated rings. The lowest BCUT2D eigenvalue weighted by atomic mass is 10.1. The molecule has 1 aromatic carbocycles. The Labute approximate surface area is 98.2 Å². The first-order chi connectivity index (χ1) is 8.25. The minimum Gasteiger partial charge on any atom is -0.399 e. The normalized spacial score (nSPS) is 13.8. The molecule has 0 saturated carbocycles. The second-order valence-electron chi connectivity index (χ2n) is 4.07. The third-order valence-electron chi connectivity index (χ3n) is 2.98. The summed E-state index contributed by atoms with van der Waals surface area (Å²) in [6, 6.07) is 7.32. The first-order valence-corrected chi connectivity index (χ1v) is 5.45. The highest BCUT2D eigenvalue weighted by Gasteiger charge is 2.26. The molecule has 5 nitrogen and oxygen atoms in total. The van der Waals surface area contributed by atoms with Crippen LogP contribution in [0.25, 0.3) is 0 Å². The molecule has 0 atom stereocenters. The molecule has 1 aliphatic rings. The van der Waals surface area contributed by atoms with E-state index < -0.39 is 0 Å². The lowest BCUT2D eigenvalue weighted by Gasteiger charge is -2.16. The highest BCUT2D eigenvalue weighted by molar-refractivity contribution is 6.06. The van der Waals surface area contributed by atoms with E-state index in [2.05, 4.69) is 10.2 Å². The highest BCUT2D eigenvalue weighted by atomic mass is 16.2. The number of hydrogen-bond donors (Lipinski definition) is 2. The van der Waals surface area contributed by atoms with E-state index in [1.807, 2.05) is 18.2 Å². The number of carbonyl (C=O) groups excluding carboxylic acids is 1. The van der Waals surface area contributed by atoms with Gasteiger partial charge in [0, 0.05) is 24.1 Å². The number of hydrogen-bond acceptors (Lipinski definition) is 3. The van der Waals surface area contributed by atoms with Crippen molar-refractivity contribution in [2.24, 2.45) is 0 Å². The van der Waals surface area contributed by atoms with Crippen LogP contribution in [0.4, 0.5) is 11.4 Å². The molecule has 2 heterocycles. The SMILES string of the molecule is Nc1ccc2c(c1)CCN2C(=O)c1ccn[nH]1. The van der Waals surface area contributed by atoms with Crippen molar-refractivity contribution < 1.29 is 4.79 Å². The molecule has 0 spiro atoms. The Morgan fingerprint density at radius 3 is 3.06 bits per heavy atom. The Balaban J connectivity index is 1.96. The zero-order valence-corrected chi connectivity index (χ0v) is 9.18. The van der Waals surface area contributed by atoms with Gasteiger partial charge in [-0.25, -0.2) is 0 Å². The van der Waals surface area contributed by atoms with Gasteiger partial charge in [-0.2, -0.15) is 5.10 Å². The number of amides is 1. The monoisotopic (exact) mass is 228 g/mol. The number of rotatable bonds is 1. The zero-order valence-electron chi connectivity index (χ0n) is 9.18. The van der Waals surface area contributed by atoms with Crippen molar-refractivity contribution >= 4 is 17.3 Å². The molecule has 0 bridgehead atoms. The first-order valence-electron chi connectivity index (χ1n) is 5.45. The molecule has 0 radical (unpaired) electrons. The Morgan fingerprint density at radius 2 is 2.29 bits per heavy atom. The molecule has 5 heteroatoms. The number of benzene rings is 1. The van der Waals surface area contributed by atoms with E-state index in [-0.39, 0.29) is 5.91 Å². The number of anilines is 2. The summed E-state index contributed by atoms with van der Waals surface area (Å²) in [5.74, 6) is -0.0500. The fraction of sp³-hybridized carbons (Fsp3) is 0.167. The average Bonchev–Trinajstić information content (AvgIpc) is 2.96. The van der Waals surface area contributed by atoms with Gasteiger partial charge in [-0.1, -0.05) is 0 Å². The molecular formula is C12H12N4O. The molecule has 3 rings (SSSR count). The minimum absolute atomic E-state index is 0.0500. The summed E-state index contributed by atoms with van der Waals surface area (Å²) in [6.45, 7) is 0.691. The van der Waals surface area contributed by atoms with Crippen LogP contribution in [0.15, 0.2) is 30.5 Å². The van der Waals surface area contributed by atoms with Crippen LogP contribution >= 0.6 is 0 Å². The zero-order chi connectivity index (χ0) is 11.8. The number of H-pyrrole nitrogens is 1. The van der Waals surface area contributed by atoms with Crippen molar-refractivity contribution in [2.75, 3.05) is 17.2 Å². The van der Waals surface area contributed by atoms with Crippen molar-refractivity contribution in [3.05, 3.63) is 41.7 Å². The number of nitrogens with zero attached hydrogens (tertiary/aromatic N) is 2. The van der Waals surface area contributed by atoms with Gasteiger partial charge in [0.15, 0.2) is 0 Å². The largest absolute Gasteiger partial charge is 0.399 e. The number of aromatic amines is 1. The van der Waals surface area contributed by atoms with E-state index in [0.717, 1.165) is 23.4 Å². The Morgan fingerprint density at radius 1 is 1.41 bits per heavy atom. The molecule has 0 unspecified atom stereocenters. The van der Waals surface area contributed by atoms with Gasteiger partial charge in [-0.15, -0.1) is 0 Å². The second kappa shape index (κ2) is 3.62. The van der Waals surface area contributed by atoms with Crippen molar-refractivity contribution in [1.29, 1.82) is 0 Å². The number of aromatic nitrogens is 2. The molecular weight excluding hydrogens is 216 g/mol. The van der Waals surface area contributed by atoms with Crippen molar-refractivity contribution in [1.82, 2.24) is 10.2 Å². The molecule has 1 aromatic heterocycles. The summed E-state index contributed by atoms with van der Waals surface area (Å²) < 4.78 is 0. The second-order valence-corrected chi connectivity index (χ2v) is 4.07. The quantitative estimate of drug-likeness (QED) is 0.720. The van der Waals surface area contributed by atoms with E-state index in [1.54, 1.807) is 17.2 Å². The highest BCUT2D eigenvalue weighted by Crippen LogP contribution is 2.30. The summed E-state index contributed by atoms with van der Waals surface area (Å²) in [7, 11) is 0. The maximum Gasteiger partial charge on any atom is 0.276 e. The van der Waals surface area contributed by atoms with Crippen LogP contribution in [-0.2, 0) is 6.42 Å². The number of carbonyl (C=O) groups is 1. The van der Waals surface area contributed by atoms with Crippen LogP contribution in [0.2, 0.25) is 0 Å². The van der Waals surface area contributed by atoms with Gasteiger partial charge in [-0.3, -0.25) is 9.89 Å². The van der Waals surface area contributed by atoms with E-state index >= 15 is 0 Å². The molecule has 0 aliphatic carbocycles. The maximum atomic E-state index is 12.2. The van der Waals surface area contributed by atoms with Gasteiger partial charge in [0.2, 0.25) is 0 Å². The predicted molar refractivity (Wildman–Crippen MR) is 64.8 cm³/mol. The third-order valence-corrected chi connectivity index (χ3v) is 2.98. The van der Waals surface area contributed by atoms with Crippen molar-refractivity contribution in [3.8, 4) is 0 Å². The van der Waals surface area contributed by atoms with Gasteiger partial charge in [-0.05, 0) is 36.2 Å². The number of nitrogen functional groups attached to an aromatic ring is 1. The average molecular weight is 228 g/mol. The van der Waals surface area contributed by atoms with Gasteiger partial charge in [0.1, 0.15) is 5.69 Å². The van der Waals surface area contributed by atoms with E-state index in [4.69, 9.17) is 5.73 Å². The van der Waals surface area contributed by atoms with Gasteiger partial charge >= 0.3 is 0 Å². The van der Waals surface area contributed by atoms with Gasteiger partial charge < -0.3 is 10.6 Å². The predicted octanol–water partition coefficient (Wildman–Crippen LogP) is 1.19. The van der Waals surface area contributed by atoms with Crippen LogP contribution in [-0.4, -0.2) is 22.6 Å². The van der Waals surface area contributed by atoms with E-state index in [1.165, 1.54) is 0 Å². The standard InChI is InChI=1S/C12H12N4O/c13-9-1-2-11-8(7-9)4-6-16(11)12(17)10-3-5-14-15-10/h1-3,5,7H,4,6,13H2,(H,14,15). The van der Waals surface area contributed by atoms with Crippen molar-refractivity contribution in [2.45, 2.75) is 6.42 Å². The number of nitrogens with one attached hydrogen (secondary N) is 1. The summed E-state index contributed by atoms with van der Waals surface area (Å²) >= 11 is 0. The number of nitrogens with two attached hydrogens (primary N) is 1. The molecule has 1 aliphatic heterocycles. The fourth-order valence-corrected chi connectivity index (χ4v) is 2.15. The molecule has 1 amide bonds. The topological polar surface area (TPSA) is 75.0 Å². The molecule has 17 heavy (non-hydrogen) atoms. The molecule has 86 valence electrons. The van der Waals surface area contributed by atoms with E-state index in [9.17, 15) is 4.79 Å². The van der Waals surface area contributed by atoms with Crippen LogP contribution in [0, 0.1) is 0 Å². The Hall–Kier alpha value is -2.30. The molecule has 0 saturated heterocycles. The van der Waals surface area contributed by atoms with Crippen LogP contribution in [0.1, 0.15) is 16.1 Å². The number of fused-ring (bicyclic) bond motifs is 1. The van der Waals surface area contributed by atoms with E-state index in [0.29, 0.717) is 12.2 Å². The smallest absolute Gasteiger partial charge is 0.276 e. The van der Waals surface area contributed by atoms with Gasteiger partial charge in [0.05, 0.1) is 0 Å². The first kappa shape index (κ1) is 9.89. The Bertz CT molecular complexity index is 562. The summed E-state index contributed by atoms with van der Waals surface area (Å²) in [5.41, 5.74) is 9.04. The van der Waals surface area contributed by atoms with Crippen LogP contribution in [0.3, 0.4) is 0 Å². The third kappa shape index (κ3) is 1.56. The van der Waals surface area contributed by atoms with Crippen LogP contribution in [0.5, 0.6) is 0 Å². The molecule has 2 aromatic rings. The van der Waals surface area contributed by atoms with Crippen LogP contribution < -0.4 is 10.6 Å². The minimum atomic E-state index is -0.0500. The summed E-state index contributed by atoms with van der Waals surface area (Å²) in [4.78, 5) is 13.9. The van der Waals surface area contributed by atoms with Crippen molar-refractivity contribution in [3.63, 3.8) is 0 Å². The fourth-order valence-electron chi connectivity index (χ4n) is 2.15. The lowest BCUT2D eigenvalue weighted by molar-refractivity contribution is 0.0984. The van der Waals surface area contributed by atoms with Gasteiger partial charge in [0.25, 0.3) is 5.91 Å². The summed E-state index contributed by atoms with van der Waals surface area (Å²) in [6.07, 6.45) is 2.42. The lowest BCUT2D eigenvalue weighted by Crippen LogP contribution is -2.29. The molecule has 3 N–H and O–H groups in total.